The number of anilines is 3. The molecule has 0 aliphatic rings. The van der Waals surface area contributed by atoms with Crippen molar-refractivity contribution in [3.05, 3.63) is 146 Å². The van der Waals surface area contributed by atoms with Crippen LogP contribution in [0.15, 0.2) is 150 Å². The van der Waals surface area contributed by atoms with E-state index in [0.717, 1.165) is 44.4 Å². The summed E-state index contributed by atoms with van der Waals surface area (Å²) in [5, 5.41) is 2.10. The number of furan rings is 1. The first-order valence-corrected chi connectivity index (χ1v) is 14.0. The predicted octanol–water partition coefficient (Wildman–Crippen LogP) is 8.76. The smallest absolute Gasteiger partial charge is 0.240 e. The molecule has 0 spiro atoms. The molecular formula is C36H24N6O. The quantitative estimate of drug-likeness (QED) is 0.204. The van der Waals surface area contributed by atoms with Crippen LogP contribution >= 0.6 is 0 Å². The third-order valence-electron chi connectivity index (χ3n) is 7.36. The Morgan fingerprint density at radius 2 is 1.16 bits per heavy atom. The van der Waals surface area contributed by atoms with Gasteiger partial charge in [0.15, 0.2) is 17.2 Å². The van der Waals surface area contributed by atoms with Gasteiger partial charge in [-0.2, -0.15) is 9.97 Å². The molecule has 5 aromatic carbocycles. The third kappa shape index (κ3) is 4.40. The van der Waals surface area contributed by atoms with Gasteiger partial charge in [0, 0.05) is 40.0 Å². The number of benzene rings is 5. The van der Waals surface area contributed by atoms with Crippen molar-refractivity contribution in [1.29, 1.82) is 0 Å². The molecule has 0 atom stereocenters. The Morgan fingerprint density at radius 3 is 1.86 bits per heavy atom. The molecule has 0 amide bonds. The first-order valence-electron chi connectivity index (χ1n) is 14.0. The van der Waals surface area contributed by atoms with E-state index in [2.05, 4.69) is 35.2 Å². The van der Waals surface area contributed by atoms with E-state index in [1.54, 1.807) is 6.20 Å². The second-order valence-electron chi connectivity index (χ2n) is 10.0. The van der Waals surface area contributed by atoms with Crippen LogP contribution < -0.4 is 4.90 Å². The van der Waals surface area contributed by atoms with Crippen molar-refractivity contribution in [2.75, 3.05) is 4.90 Å². The summed E-state index contributed by atoms with van der Waals surface area (Å²) in [5.41, 5.74) is 5.18. The number of hydrogen-bond donors (Lipinski definition) is 0. The fourth-order valence-corrected chi connectivity index (χ4v) is 5.37. The number of imidazole rings is 1. The number of hydrogen-bond acceptors (Lipinski definition) is 6. The van der Waals surface area contributed by atoms with Gasteiger partial charge in [-0.3, -0.25) is 9.47 Å². The summed E-state index contributed by atoms with van der Waals surface area (Å²) >= 11 is 0. The van der Waals surface area contributed by atoms with Gasteiger partial charge in [0.05, 0.1) is 5.69 Å². The molecule has 0 saturated heterocycles. The maximum Gasteiger partial charge on any atom is 0.240 e. The van der Waals surface area contributed by atoms with Gasteiger partial charge < -0.3 is 4.42 Å². The first-order chi connectivity index (χ1) is 21.3. The van der Waals surface area contributed by atoms with Gasteiger partial charge in [-0.15, -0.1) is 0 Å². The highest BCUT2D eigenvalue weighted by Crippen LogP contribution is 2.41. The maximum atomic E-state index is 6.46. The average Bonchev–Trinajstić information content (AvgIpc) is 3.72. The topological polar surface area (TPSA) is 72.9 Å². The molecular weight excluding hydrogens is 532 g/mol. The van der Waals surface area contributed by atoms with Crippen LogP contribution in [-0.4, -0.2) is 24.5 Å². The van der Waals surface area contributed by atoms with E-state index in [4.69, 9.17) is 24.4 Å². The van der Waals surface area contributed by atoms with Crippen LogP contribution in [0, 0.1) is 0 Å². The van der Waals surface area contributed by atoms with E-state index < -0.39 is 0 Å². The van der Waals surface area contributed by atoms with Crippen molar-refractivity contribution in [3.8, 4) is 28.7 Å². The highest BCUT2D eigenvalue weighted by Gasteiger charge is 2.24. The monoisotopic (exact) mass is 556 g/mol. The van der Waals surface area contributed by atoms with E-state index in [-0.39, 0.29) is 0 Å². The molecule has 0 aliphatic carbocycles. The third-order valence-corrected chi connectivity index (χ3v) is 7.36. The average molecular weight is 557 g/mol. The summed E-state index contributed by atoms with van der Waals surface area (Å²) < 4.78 is 8.36. The lowest BCUT2D eigenvalue weighted by atomic mass is 10.1. The van der Waals surface area contributed by atoms with Crippen LogP contribution in [0.1, 0.15) is 0 Å². The summed E-state index contributed by atoms with van der Waals surface area (Å²) in [6.45, 7) is 0. The van der Waals surface area contributed by atoms with Gasteiger partial charge in [0.1, 0.15) is 5.58 Å². The Kier molecular flexibility index (Phi) is 5.97. The second-order valence-corrected chi connectivity index (χ2v) is 10.0. The number of aromatic nitrogens is 5. The van der Waals surface area contributed by atoms with Gasteiger partial charge in [0.25, 0.3) is 0 Å². The summed E-state index contributed by atoms with van der Waals surface area (Å²) in [5.74, 6) is 2.23. The molecule has 8 aromatic rings. The van der Waals surface area contributed by atoms with Crippen LogP contribution in [0.5, 0.6) is 0 Å². The standard InChI is InChI=1S/C36H24N6O/c1-4-13-25(14-5-1)33-38-34(26-15-6-2-7-16-26)40-35(39-33)41-24-23-37-36(41)42(27-17-8-3-9-18-27)30-21-12-20-29-28-19-10-11-22-31(28)43-32(29)30/h1-24H. The normalized spacial score (nSPS) is 11.3. The molecule has 0 radical (unpaired) electrons. The summed E-state index contributed by atoms with van der Waals surface area (Å²) in [4.78, 5) is 21.7. The van der Waals surface area contributed by atoms with Crippen LogP contribution in [0.3, 0.4) is 0 Å². The lowest BCUT2D eigenvalue weighted by molar-refractivity contribution is 0.668. The van der Waals surface area contributed by atoms with E-state index in [1.165, 1.54) is 0 Å². The number of nitrogens with zero attached hydrogens (tertiary/aromatic N) is 6. The minimum Gasteiger partial charge on any atom is -0.454 e. The van der Waals surface area contributed by atoms with E-state index in [9.17, 15) is 0 Å². The number of rotatable bonds is 6. The van der Waals surface area contributed by atoms with Crippen molar-refractivity contribution < 1.29 is 4.42 Å². The highest BCUT2D eigenvalue weighted by molar-refractivity contribution is 6.10. The minimum absolute atomic E-state index is 0.456. The zero-order valence-electron chi connectivity index (χ0n) is 22.9. The fourth-order valence-electron chi connectivity index (χ4n) is 5.37. The Morgan fingerprint density at radius 1 is 0.558 bits per heavy atom. The first kappa shape index (κ1) is 24.7. The number of para-hydroxylation sites is 3. The molecule has 43 heavy (non-hydrogen) atoms. The van der Waals surface area contributed by atoms with Crippen molar-refractivity contribution in [3.63, 3.8) is 0 Å². The fraction of sp³-hybridized carbons (Fsp3) is 0. The predicted molar refractivity (Wildman–Crippen MR) is 170 cm³/mol. The molecule has 0 aliphatic heterocycles. The van der Waals surface area contributed by atoms with Crippen molar-refractivity contribution >= 4 is 39.3 Å². The van der Waals surface area contributed by atoms with Crippen molar-refractivity contribution in [2.24, 2.45) is 0 Å². The molecule has 0 fully saturated rings. The van der Waals surface area contributed by atoms with Gasteiger partial charge in [-0.1, -0.05) is 109 Å². The molecule has 0 saturated carbocycles. The lowest BCUT2D eigenvalue weighted by Gasteiger charge is -2.24. The van der Waals surface area contributed by atoms with Gasteiger partial charge >= 0.3 is 0 Å². The van der Waals surface area contributed by atoms with Crippen LogP contribution in [0.4, 0.5) is 17.3 Å². The van der Waals surface area contributed by atoms with Crippen LogP contribution in [0.2, 0.25) is 0 Å². The van der Waals surface area contributed by atoms with Gasteiger partial charge in [-0.25, -0.2) is 9.97 Å². The van der Waals surface area contributed by atoms with E-state index in [1.807, 2.05) is 114 Å². The Bertz CT molecular complexity index is 2130. The van der Waals surface area contributed by atoms with Gasteiger partial charge in [-0.05, 0) is 24.3 Å². The Labute approximate surface area is 247 Å². The van der Waals surface area contributed by atoms with Crippen molar-refractivity contribution in [2.45, 2.75) is 0 Å². The molecule has 3 heterocycles. The largest absolute Gasteiger partial charge is 0.454 e. The molecule has 7 nitrogen and oxygen atoms in total. The molecule has 0 unspecified atom stereocenters. The van der Waals surface area contributed by atoms with E-state index >= 15 is 0 Å². The summed E-state index contributed by atoms with van der Waals surface area (Å²) in [6.07, 6.45) is 3.64. The minimum atomic E-state index is 0.456. The Balaban J connectivity index is 1.36. The zero-order valence-corrected chi connectivity index (χ0v) is 22.9. The lowest BCUT2D eigenvalue weighted by Crippen LogP contribution is -2.17. The second kappa shape index (κ2) is 10.4. The highest BCUT2D eigenvalue weighted by atomic mass is 16.3. The summed E-state index contributed by atoms with van der Waals surface area (Å²) in [6, 6.07) is 44.3. The number of fused-ring (bicyclic) bond motifs is 3. The molecule has 7 heteroatoms. The SMILES string of the molecule is c1ccc(-c2nc(-c3ccccc3)nc(-n3ccnc3N(c3ccccc3)c3cccc4c3oc3ccccc34)n2)cc1. The molecule has 0 bridgehead atoms. The summed E-state index contributed by atoms with van der Waals surface area (Å²) in [7, 11) is 0. The van der Waals surface area contributed by atoms with Crippen LogP contribution in [0.25, 0.3) is 50.7 Å². The molecule has 0 N–H and O–H groups in total. The van der Waals surface area contributed by atoms with Gasteiger partial charge in [0.2, 0.25) is 11.9 Å². The van der Waals surface area contributed by atoms with Crippen molar-refractivity contribution in [1.82, 2.24) is 24.5 Å². The van der Waals surface area contributed by atoms with E-state index in [0.29, 0.717) is 23.5 Å². The zero-order chi connectivity index (χ0) is 28.6. The molecule has 3 aromatic heterocycles. The van der Waals surface area contributed by atoms with Crippen LogP contribution in [-0.2, 0) is 0 Å². The molecule has 204 valence electrons. The maximum absolute atomic E-state index is 6.46. The Hall–Kier alpha value is -6.08. The molecule has 8 rings (SSSR count).